The smallest absolute Gasteiger partial charge is 0.119 e. The third-order valence-corrected chi connectivity index (χ3v) is 4.57. The van der Waals surface area contributed by atoms with Crippen LogP contribution in [-0.2, 0) is 17.6 Å². The maximum Gasteiger partial charge on any atom is 0.119 e. The van der Waals surface area contributed by atoms with Gasteiger partial charge < -0.3 is 14.4 Å². The summed E-state index contributed by atoms with van der Waals surface area (Å²) in [6.07, 6.45) is 7.82. The molecule has 1 heterocycles. The molecule has 0 aromatic heterocycles. The molecule has 1 aromatic carbocycles. The van der Waals surface area contributed by atoms with Crippen molar-refractivity contribution in [1.82, 2.24) is 4.90 Å². The summed E-state index contributed by atoms with van der Waals surface area (Å²) in [4.78, 5) is 2.50. The fourth-order valence-electron chi connectivity index (χ4n) is 3.34. The maximum atomic E-state index is 5.78. The lowest BCUT2D eigenvalue weighted by Crippen LogP contribution is -2.32. The summed E-state index contributed by atoms with van der Waals surface area (Å²) in [6, 6.07) is 6.52. The number of fused-ring (bicyclic) bond motifs is 1. The van der Waals surface area contributed by atoms with Crippen molar-refractivity contribution in [3.8, 4) is 5.75 Å². The highest BCUT2D eigenvalue weighted by Gasteiger charge is 2.11. The molecule has 1 aliphatic carbocycles. The Balaban J connectivity index is 1.28. The molecule has 116 valence electrons. The molecule has 0 unspecified atom stereocenters. The van der Waals surface area contributed by atoms with Crippen LogP contribution >= 0.6 is 0 Å². The van der Waals surface area contributed by atoms with Gasteiger partial charge in [-0.1, -0.05) is 12.5 Å². The van der Waals surface area contributed by atoms with Crippen LogP contribution in [0.3, 0.4) is 0 Å². The highest BCUT2D eigenvalue weighted by molar-refractivity contribution is 5.38. The molecule has 0 bridgehead atoms. The molecule has 0 radical (unpaired) electrons. The van der Waals surface area contributed by atoms with Gasteiger partial charge in [0, 0.05) is 6.54 Å². The van der Waals surface area contributed by atoms with Gasteiger partial charge in [0.1, 0.15) is 12.4 Å². The molecule has 1 aromatic rings. The Hall–Kier alpha value is -1.06. The molecule has 0 N–H and O–H groups in total. The van der Waals surface area contributed by atoms with Crippen molar-refractivity contribution in [3.63, 3.8) is 0 Å². The Labute approximate surface area is 128 Å². The minimum Gasteiger partial charge on any atom is -0.491 e. The summed E-state index contributed by atoms with van der Waals surface area (Å²) in [7, 11) is 0. The van der Waals surface area contributed by atoms with Crippen molar-refractivity contribution >= 4 is 0 Å². The third kappa shape index (κ3) is 4.45. The van der Waals surface area contributed by atoms with E-state index >= 15 is 0 Å². The van der Waals surface area contributed by atoms with E-state index in [0.29, 0.717) is 13.2 Å². The first kappa shape index (κ1) is 14.9. The quantitative estimate of drug-likeness (QED) is 0.720. The monoisotopic (exact) mass is 289 g/mol. The largest absolute Gasteiger partial charge is 0.491 e. The zero-order valence-electron chi connectivity index (χ0n) is 13.0. The molecular formula is C18H27NO2. The number of benzene rings is 1. The molecule has 1 fully saturated rings. The normalized spacial score (nSPS) is 18.7. The number of likely N-dealkylation sites (tertiary alicyclic amines) is 1. The number of nitrogens with zero attached hydrogens (tertiary/aromatic N) is 1. The summed E-state index contributed by atoms with van der Waals surface area (Å²) in [5.41, 5.74) is 2.97. The van der Waals surface area contributed by atoms with Crippen molar-refractivity contribution in [2.45, 2.75) is 38.5 Å². The van der Waals surface area contributed by atoms with Crippen LogP contribution in [0.1, 0.15) is 36.8 Å². The number of hydrogen-bond donors (Lipinski definition) is 0. The number of rotatable bonds is 7. The number of ether oxygens (including phenoxy) is 2. The lowest BCUT2D eigenvalue weighted by Gasteiger charge is -2.26. The van der Waals surface area contributed by atoms with Crippen molar-refractivity contribution < 1.29 is 9.47 Å². The van der Waals surface area contributed by atoms with Gasteiger partial charge in [0.05, 0.1) is 13.2 Å². The molecule has 3 nitrogen and oxygen atoms in total. The van der Waals surface area contributed by atoms with E-state index in [1.165, 1.54) is 62.7 Å². The van der Waals surface area contributed by atoms with Gasteiger partial charge in [-0.15, -0.1) is 0 Å². The lowest BCUT2D eigenvalue weighted by molar-refractivity contribution is 0.0750. The SMILES string of the molecule is c1cc2c(cc1OCCOCCN1CCCCC1)CCC2. The summed E-state index contributed by atoms with van der Waals surface area (Å²) >= 11 is 0. The van der Waals surface area contributed by atoms with Crippen LogP contribution in [0.15, 0.2) is 18.2 Å². The molecule has 2 aliphatic rings. The van der Waals surface area contributed by atoms with E-state index in [4.69, 9.17) is 9.47 Å². The van der Waals surface area contributed by atoms with Crippen LogP contribution in [0, 0.1) is 0 Å². The van der Waals surface area contributed by atoms with Gasteiger partial charge in [-0.05, 0) is 68.5 Å². The van der Waals surface area contributed by atoms with E-state index in [2.05, 4.69) is 23.1 Å². The summed E-state index contributed by atoms with van der Waals surface area (Å²) in [5, 5.41) is 0. The molecule has 0 atom stereocenters. The molecule has 0 saturated carbocycles. The predicted molar refractivity (Wildman–Crippen MR) is 85.1 cm³/mol. The third-order valence-electron chi connectivity index (χ3n) is 4.57. The van der Waals surface area contributed by atoms with Crippen LogP contribution in [0.25, 0.3) is 0 Å². The van der Waals surface area contributed by atoms with Crippen molar-refractivity contribution in [2.75, 3.05) is 39.5 Å². The minimum absolute atomic E-state index is 0.652. The van der Waals surface area contributed by atoms with Crippen LogP contribution < -0.4 is 4.74 Å². The minimum atomic E-state index is 0.652. The van der Waals surface area contributed by atoms with Crippen LogP contribution in [-0.4, -0.2) is 44.4 Å². The van der Waals surface area contributed by atoms with Crippen LogP contribution in [0.5, 0.6) is 5.75 Å². The Bertz CT molecular complexity index is 441. The highest BCUT2D eigenvalue weighted by Crippen LogP contribution is 2.25. The number of aryl methyl sites for hydroxylation is 2. The second kappa shape index (κ2) is 7.81. The fourth-order valence-corrected chi connectivity index (χ4v) is 3.34. The topological polar surface area (TPSA) is 21.7 Å². The van der Waals surface area contributed by atoms with Crippen LogP contribution in [0.4, 0.5) is 0 Å². The predicted octanol–water partition coefficient (Wildman–Crippen LogP) is 3.06. The number of piperidine rings is 1. The van der Waals surface area contributed by atoms with E-state index < -0.39 is 0 Å². The van der Waals surface area contributed by atoms with Crippen molar-refractivity contribution in [3.05, 3.63) is 29.3 Å². The lowest BCUT2D eigenvalue weighted by atomic mass is 10.1. The average Bonchev–Trinajstić information content (AvgIpc) is 2.99. The Morgan fingerprint density at radius 3 is 2.62 bits per heavy atom. The van der Waals surface area contributed by atoms with Crippen molar-refractivity contribution in [1.29, 1.82) is 0 Å². The second-order valence-corrected chi connectivity index (χ2v) is 6.15. The van der Waals surface area contributed by atoms with E-state index in [1.807, 2.05) is 0 Å². The standard InChI is InChI=1S/C18H27NO2/c1-2-9-19(10-3-1)11-12-20-13-14-21-18-8-7-16-5-4-6-17(16)15-18/h7-8,15H,1-6,9-14H2. The van der Waals surface area contributed by atoms with Gasteiger partial charge in [-0.25, -0.2) is 0 Å². The van der Waals surface area contributed by atoms with Gasteiger partial charge in [-0.2, -0.15) is 0 Å². The highest BCUT2D eigenvalue weighted by atomic mass is 16.5. The Morgan fingerprint density at radius 2 is 1.71 bits per heavy atom. The first-order valence-electron chi connectivity index (χ1n) is 8.46. The summed E-state index contributed by atoms with van der Waals surface area (Å²) < 4.78 is 11.5. The average molecular weight is 289 g/mol. The Kier molecular flexibility index (Phi) is 5.53. The van der Waals surface area contributed by atoms with Gasteiger partial charge in [0.15, 0.2) is 0 Å². The molecule has 1 aliphatic heterocycles. The van der Waals surface area contributed by atoms with Crippen LogP contribution in [0.2, 0.25) is 0 Å². The molecule has 0 amide bonds. The zero-order valence-corrected chi connectivity index (χ0v) is 13.0. The maximum absolute atomic E-state index is 5.78. The molecule has 1 saturated heterocycles. The second-order valence-electron chi connectivity index (χ2n) is 6.15. The molecule has 0 spiro atoms. The van der Waals surface area contributed by atoms with Crippen molar-refractivity contribution in [2.24, 2.45) is 0 Å². The van der Waals surface area contributed by atoms with Gasteiger partial charge in [-0.3, -0.25) is 0 Å². The summed E-state index contributed by atoms with van der Waals surface area (Å²) in [6.45, 7) is 5.72. The number of hydrogen-bond acceptors (Lipinski definition) is 3. The zero-order chi connectivity index (χ0) is 14.3. The van der Waals surface area contributed by atoms with E-state index in [-0.39, 0.29) is 0 Å². The van der Waals surface area contributed by atoms with E-state index in [1.54, 1.807) is 0 Å². The fraction of sp³-hybridized carbons (Fsp3) is 0.667. The van der Waals surface area contributed by atoms with E-state index in [0.717, 1.165) is 18.9 Å². The Morgan fingerprint density at radius 1 is 0.857 bits per heavy atom. The van der Waals surface area contributed by atoms with E-state index in [9.17, 15) is 0 Å². The van der Waals surface area contributed by atoms with Gasteiger partial charge in [0.25, 0.3) is 0 Å². The molecule has 3 rings (SSSR count). The molecule has 21 heavy (non-hydrogen) atoms. The molecule has 3 heteroatoms. The first-order valence-corrected chi connectivity index (χ1v) is 8.46. The molecular weight excluding hydrogens is 262 g/mol. The summed E-state index contributed by atoms with van der Waals surface area (Å²) in [5.74, 6) is 0.996. The van der Waals surface area contributed by atoms with Gasteiger partial charge >= 0.3 is 0 Å². The van der Waals surface area contributed by atoms with Gasteiger partial charge in [0.2, 0.25) is 0 Å². The first-order chi connectivity index (χ1) is 10.4.